The Kier molecular flexibility index (Phi) is 5.85. The molecule has 0 radical (unpaired) electrons. The minimum atomic E-state index is -1.12. The Bertz CT molecular complexity index is 200. The van der Waals surface area contributed by atoms with E-state index in [0.29, 0.717) is 6.42 Å². The van der Waals surface area contributed by atoms with Gasteiger partial charge in [-0.3, -0.25) is 4.79 Å². The van der Waals surface area contributed by atoms with Crippen LogP contribution in [0.2, 0.25) is 0 Å². The highest BCUT2D eigenvalue weighted by Gasteiger charge is 2.10. The number of allylic oxidation sites excluding steroid dienone is 1. The van der Waals surface area contributed by atoms with E-state index in [2.05, 4.69) is 6.92 Å². The van der Waals surface area contributed by atoms with E-state index in [-0.39, 0.29) is 11.4 Å². The number of carboxylic acid groups (broad SMARTS) is 1. The molecule has 0 aromatic rings. The van der Waals surface area contributed by atoms with Crippen LogP contribution < -0.4 is 0 Å². The molecular weight excluding hydrogens is 168 g/mol. The number of carbonyl (C=O) groups excluding carboxylic acids is 1. The van der Waals surface area contributed by atoms with Crippen LogP contribution in [0, 0.1) is 0 Å². The zero-order valence-electron chi connectivity index (χ0n) is 8.17. The van der Waals surface area contributed by atoms with E-state index in [1.54, 1.807) is 0 Å². The first kappa shape index (κ1) is 11.9. The molecule has 0 unspecified atom stereocenters. The van der Waals surface area contributed by atoms with Crippen molar-refractivity contribution < 1.29 is 14.7 Å². The molecule has 74 valence electrons. The SMILES string of the molecule is CCCCCC=C(C(C)=O)C(=O)O. The summed E-state index contributed by atoms with van der Waals surface area (Å²) in [6, 6.07) is 0. The van der Waals surface area contributed by atoms with Crippen LogP contribution in [0.4, 0.5) is 0 Å². The maximum Gasteiger partial charge on any atom is 0.338 e. The van der Waals surface area contributed by atoms with E-state index >= 15 is 0 Å². The molecule has 0 spiro atoms. The van der Waals surface area contributed by atoms with Crippen LogP contribution in [-0.2, 0) is 9.59 Å². The van der Waals surface area contributed by atoms with Gasteiger partial charge in [0.2, 0.25) is 0 Å². The molecule has 3 nitrogen and oxygen atoms in total. The van der Waals surface area contributed by atoms with Gasteiger partial charge >= 0.3 is 5.97 Å². The third-order valence-electron chi connectivity index (χ3n) is 1.77. The van der Waals surface area contributed by atoms with Crippen LogP contribution in [0.15, 0.2) is 11.6 Å². The molecular formula is C10H16O3. The van der Waals surface area contributed by atoms with E-state index in [9.17, 15) is 9.59 Å². The zero-order chi connectivity index (χ0) is 10.3. The van der Waals surface area contributed by atoms with Gasteiger partial charge in [0.1, 0.15) is 0 Å². The lowest BCUT2D eigenvalue weighted by Gasteiger charge is -1.96. The van der Waals surface area contributed by atoms with Crippen molar-refractivity contribution >= 4 is 11.8 Å². The third kappa shape index (κ3) is 5.17. The Balaban J connectivity index is 4.06. The number of aliphatic carboxylic acids is 1. The lowest BCUT2D eigenvalue weighted by atomic mass is 10.1. The highest BCUT2D eigenvalue weighted by Crippen LogP contribution is 2.04. The molecule has 0 rings (SSSR count). The Morgan fingerprint density at radius 2 is 1.92 bits per heavy atom. The van der Waals surface area contributed by atoms with E-state index in [1.807, 2.05) is 0 Å². The molecule has 0 fully saturated rings. The number of hydrogen-bond acceptors (Lipinski definition) is 2. The summed E-state index contributed by atoms with van der Waals surface area (Å²) in [6.45, 7) is 3.35. The lowest BCUT2D eigenvalue weighted by molar-refractivity contribution is -0.134. The molecule has 0 heterocycles. The van der Waals surface area contributed by atoms with Crippen molar-refractivity contribution in [2.45, 2.75) is 39.5 Å². The van der Waals surface area contributed by atoms with Gasteiger partial charge in [-0.2, -0.15) is 0 Å². The second-order valence-electron chi connectivity index (χ2n) is 2.97. The lowest BCUT2D eigenvalue weighted by Crippen LogP contribution is -2.08. The first-order chi connectivity index (χ1) is 6.09. The van der Waals surface area contributed by atoms with Crippen LogP contribution in [0.1, 0.15) is 39.5 Å². The minimum absolute atomic E-state index is 0.0869. The van der Waals surface area contributed by atoms with Crippen LogP contribution in [0.5, 0.6) is 0 Å². The van der Waals surface area contributed by atoms with Gasteiger partial charge in [-0.25, -0.2) is 4.79 Å². The van der Waals surface area contributed by atoms with Crippen molar-refractivity contribution in [3.05, 3.63) is 11.6 Å². The number of rotatable bonds is 6. The molecule has 0 bridgehead atoms. The van der Waals surface area contributed by atoms with Crippen LogP contribution in [-0.4, -0.2) is 16.9 Å². The smallest absolute Gasteiger partial charge is 0.338 e. The van der Waals surface area contributed by atoms with Crippen LogP contribution >= 0.6 is 0 Å². The molecule has 0 saturated carbocycles. The van der Waals surface area contributed by atoms with Gasteiger partial charge in [-0.05, 0) is 19.8 Å². The molecule has 0 aliphatic heterocycles. The monoisotopic (exact) mass is 184 g/mol. The first-order valence-corrected chi connectivity index (χ1v) is 4.54. The highest BCUT2D eigenvalue weighted by atomic mass is 16.4. The Morgan fingerprint density at radius 3 is 2.31 bits per heavy atom. The fourth-order valence-electron chi connectivity index (χ4n) is 1.02. The predicted molar refractivity (Wildman–Crippen MR) is 50.5 cm³/mol. The second kappa shape index (κ2) is 6.40. The second-order valence-corrected chi connectivity index (χ2v) is 2.97. The highest BCUT2D eigenvalue weighted by molar-refractivity contribution is 6.15. The van der Waals surface area contributed by atoms with E-state index in [0.717, 1.165) is 19.3 Å². The molecule has 1 N–H and O–H groups in total. The largest absolute Gasteiger partial charge is 0.478 e. The fraction of sp³-hybridized carbons (Fsp3) is 0.600. The van der Waals surface area contributed by atoms with Gasteiger partial charge in [0.05, 0.1) is 5.57 Å². The summed E-state index contributed by atoms with van der Waals surface area (Å²) in [7, 11) is 0. The number of Topliss-reactive ketones (excluding diaryl/α,β-unsaturated/α-hetero) is 1. The molecule has 3 heteroatoms. The summed E-state index contributed by atoms with van der Waals surface area (Å²) in [4.78, 5) is 21.3. The Morgan fingerprint density at radius 1 is 1.31 bits per heavy atom. The zero-order valence-corrected chi connectivity index (χ0v) is 8.17. The number of carbonyl (C=O) groups is 2. The predicted octanol–water partition coefficient (Wildman–Crippen LogP) is 2.17. The molecule has 0 aliphatic carbocycles. The molecule has 0 aromatic heterocycles. The number of carboxylic acids is 1. The van der Waals surface area contributed by atoms with Gasteiger partial charge in [-0.15, -0.1) is 0 Å². The molecule has 0 amide bonds. The van der Waals surface area contributed by atoms with Crippen molar-refractivity contribution in [2.24, 2.45) is 0 Å². The molecule has 13 heavy (non-hydrogen) atoms. The maximum atomic E-state index is 10.8. The number of hydrogen-bond donors (Lipinski definition) is 1. The molecule has 0 saturated heterocycles. The molecule has 0 atom stereocenters. The van der Waals surface area contributed by atoms with E-state index in [1.165, 1.54) is 13.0 Å². The van der Waals surface area contributed by atoms with E-state index in [4.69, 9.17) is 5.11 Å². The van der Waals surface area contributed by atoms with Gasteiger partial charge in [0.15, 0.2) is 5.78 Å². The van der Waals surface area contributed by atoms with Crippen molar-refractivity contribution in [3.8, 4) is 0 Å². The maximum absolute atomic E-state index is 10.8. The van der Waals surface area contributed by atoms with Crippen LogP contribution in [0.25, 0.3) is 0 Å². The Hall–Kier alpha value is -1.12. The van der Waals surface area contributed by atoms with Gasteiger partial charge in [-0.1, -0.05) is 25.8 Å². The first-order valence-electron chi connectivity index (χ1n) is 4.54. The molecule has 0 aliphatic rings. The van der Waals surface area contributed by atoms with Crippen molar-refractivity contribution in [2.75, 3.05) is 0 Å². The number of ketones is 1. The van der Waals surface area contributed by atoms with Crippen molar-refractivity contribution in [3.63, 3.8) is 0 Å². The summed E-state index contributed by atoms with van der Waals surface area (Å²) in [5.41, 5.74) is -0.0869. The summed E-state index contributed by atoms with van der Waals surface area (Å²) in [6.07, 6.45) is 5.30. The minimum Gasteiger partial charge on any atom is -0.478 e. The quantitative estimate of drug-likeness (QED) is 0.298. The average molecular weight is 184 g/mol. The van der Waals surface area contributed by atoms with Gasteiger partial charge in [0.25, 0.3) is 0 Å². The van der Waals surface area contributed by atoms with Gasteiger partial charge in [0, 0.05) is 0 Å². The fourth-order valence-corrected chi connectivity index (χ4v) is 1.02. The van der Waals surface area contributed by atoms with Crippen LogP contribution in [0.3, 0.4) is 0 Å². The normalized spacial score (nSPS) is 11.4. The van der Waals surface area contributed by atoms with E-state index < -0.39 is 5.97 Å². The summed E-state index contributed by atoms with van der Waals surface area (Å²) in [5.74, 6) is -1.49. The summed E-state index contributed by atoms with van der Waals surface area (Å²) in [5, 5.41) is 8.61. The standard InChI is InChI=1S/C10H16O3/c1-3-4-5-6-7-9(8(2)11)10(12)13/h7H,3-6H2,1-2H3,(H,12,13). The third-order valence-corrected chi connectivity index (χ3v) is 1.77. The summed E-state index contributed by atoms with van der Waals surface area (Å²) >= 11 is 0. The topological polar surface area (TPSA) is 54.4 Å². The van der Waals surface area contributed by atoms with Crippen molar-refractivity contribution in [1.82, 2.24) is 0 Å². The molecule has 0 aromatic carbocycles. The average Bonchev–Trinajstić information content (AvgIpc) is 2.02. The number of unbranched alkanes of at least 4 members (excludes halogenated alkanes) is 3. The van der Waals surface area contributed by atoms with Gasteiger partial charge < -0.3 is 5.11 Å². The Labute approximate surface area is 78.5 Å². The van der Waals surface area contributed by atoms with Crippen molar-refractivity contribution in [1.29, 1.82) is 0 Å². The summed E-state index contributed by atoms with van der Waals surface area (Å²) < 4.78 is 0.